The molecule has 3 nitrogen and oxygen atoms in total. The molecule has 0 unspecified atom stereocenters. The van der Waals surface area contributed by atoms with Crippen LogP contribution in [0, 0.1) is 6.07 Å². The second-order valence-corrected chi connectivity index (χ2v) is 1.51. The van der Waals surface area contributed by atoms with E-state index in [1.807, 2.05) is 0 Å². The molecule has 0 bridgehead atoms. The topological polar surface area (TPSA) is 44.5 Å². The maximum absolute atomic E-state index is 9.93. The molecule has 0 atom stereocenters. The second kappa shape index (κ2) is 4.33. The van der Waals surface area contributed by atoms with Crippen LogP contribution < -0.4 is 5.11 Å². The number of hydrogen-bond donors (Lipinski definition) is 0. The quantitative estimate of drug-likeness (QED) is 0.301. The van der Waals surface area contributed by atoms with E-state index in [-0.39, 0.29) is 5.57 Å². The summed E-state index contributed by atoms with van der Waals surface area (Å²) >= 11 is 0. The summed E-state index contributed by atoms with van der Waals surface area (Å²) in [5, 5.41) is 9.93. The fraction of sp³-hybridized carbons (Fsp3) is 0.143. The minimum Gasteiger partial charge on any atom is -0.544 e. The van der Waals surface area contributed by atoms with E-state index in [1.54, 1.807) is 0 Å². The summed E-state index contributed by atoms with van der Waals surface area (Å²) < 4.78 is 0. The van der Waals surface area contributed by atoms with Gasteiger partial charge in [-0.25, -0.2) is 0 Å². The highest BCUT2D eigenvalue weighted by Crippen LogP contribution is 1.83. The van der Waals surface area contributed by atoms with Gasteiger partial charge in [0.1, 0.15) is 5.57 Å². The first-order valence-electron chi connectivity index (χ1n) is 2.62. The molecule has 0 saturated heterocycles. The lowest BCUT2D eigenvalue weighted by Crippen LogP contribution is -2.22. The number of carboxylic acid groups (broad SMARTS) is 1. The third-order valence-electron chi connectivity index (χ3n) is 0.681. The Hall–Kier alpha value is -1.56. The first-order valence-corrected chi connectivity index (χ1v) is 2.62. The molecule has 0 fully saturated rings. The largest absolute Gasteiger partial charge is 0.544 e. The molecular weight excluding hydrogens is 130 g/mol. The molecule has 0 radical (unpaired) electrons. The van der Waals surface area contributed by atoms with Crippen molar-refractivity contribution in [3.05, 3.63) is 29.7 Å². The molecule has 0 aliphatic rings. The summed E-state index contributed by atoms with van der Waals surface area (Å²) in [6.07, 6.45) is 1.52. The highest BCUT2D eigenvalue weighted by Gasteiger charge is 1.94. The summed E-state index contributed by atoms with van der Waals surface area (Å²) in [6.45, 7) is 6.84. The lowest BCUT2D eigenvalue weighted by molar-refractivity contribution is -0.298. The van der Waals surface area contributed by atoms with Crippen molar-refractivity contribution in [2.45, 2.75) is 0 Å². The standard InChI is InChI=1S/C7H7NO2/c1-3-4-8-5-6(2)7(9)10/h3H,1-2,4H2. The van der Waals surface area contributed by atoms with Crippen LogP contribution in [0.5, 0.6) is 0 Å². The lowest BCUT2D eigenvalue weighted by Gasteiger charge is -1.88. The van der Waals surface area contributed by atoms with Crippen LogP contribution in [-0.2, 0) is 4.79 Å². The van der Waals surface area contributed by atoms with Crippen LogP contribution in [0.25, 0.3) is 4.85 Å². The summed E-state index contributed by atoms with van der Waals surface area (Å²) in [5.41, 5.74) is -0.248. The Balaban J connectivity index is 3.92. The molecule has 10 heavy (non-hydrogen) atoms. The molecule has 0 aromatic carbocycles. The van der Waals surface area contributed by atoms with Crippen molar-refractivity contribution in [3.8, 4) is 6.07 Å². The molecule has 0 aliphatic heterocycles. The zero-order valence-electron chi connectivity index (χ0n) is 5.46. The van der Waals surface area contributed by atoms with Crippen LogP contribution in [0.4, 0.5) is 0 Å². The number of carbonyl (C=O) groups excluding carboxylic acids is 1. The van der Waals surface area contributed by atoms with Gasteiger partial charge >= 0.3 is 6.07 Å². The Morgan fingerprint density at radius 1 is 1.80 bits per heavy atom. The van der Waals surface area contributed by atoms with Crippen LogP contribution in [0.1, 0.15) is 0 Å². The van der Waals surface area contributed by atoms with Gasteiger partial charge in [0.15, 0.2) is 0 Å². The van der Waals surface area contributed by atoms with Gasteiger partial charge in [0.25, 0.3) is 6.54 Å². The van der Waals surface area contributed by atoms with Crippen molar-refractivity contribution < 1.29 is 9.90 Å². The smallest absolute Gasteiger partial charge is 0.312 e. The zero-order valence-corrected chi connectivity index (χ0v) is 5.46. The maximum atomic E-state index is 9.93. The van der Waals surface area contributed by atoms with Crippen molar-refractivity contribution in [3.63, 3.8) is 0 Å². The van der Waals surface area contributed by atoms with Crippen LogP contribution in [-0.4, -0.2) is 12.5 Å². The van der Waals surface area contributed by atoms with Crippen LogP contribution in [0.2, 0.25) is 0 Å². The van der Waals surface area contributed by atoms with Crippen molar-refractivity contribution in [2.24, 2.45) is 0 Å². The SMILES string of the molecule is C=CC[N+]#CC(=C)C(=O)[O-]. The van der Waals surface area contributed by atoms with E-state index in [1.165, 1.54) is 6.08 Å². The number of hydrogen-bond acceptors (Lipinski definition) is 2. The van der Waals surface area contributed by atoms with Gasteiger partial charge in [-0.3, -0.25) is 0 Å². The fourth-order valence-electron chi connectivity index (χ4n) is 0.251. The van der Waals surface area contributed by atoms with Gasteiger partial charge in [-0.05, 0) is 6.08 Å². The van der Waals surface area contributed by atoms with E-state index in [0.717, 1.165) is 0 Å². The summed E-state index contributed by atoms with van der Waals surface area (Å²) in [7, 11) is 0. The summed E-state index contributed by atoms with van der Waals surface area (Å²) in [6, 6.07) is 2.18. The first kappa shape index (κ1) is 8.44. The van der Waals surface area contributed by atoms with Crippen molar-refractivity contribution in [1.82, 2.24) is 0 Å². The van der Waals surface area contributed by atoms with Crippen LogP contribution in [0.3, 0.4) is 0 Å². The third kappa shape index (κ3) is 3.44. The molecule has 0 rings (SSSR count). The molecule has 0 spiro atoms. The fourth-order valence-corrected chi connectivity index (χ4v) is 0.251. The Bertz CT molecular complexity index is 219. The normalized spacial score (nSPS) is 7.20. The average Bonchev–Trinajstić information content (AvgIpc) is 1.88. The molecule has 0 amide bonds. The number of aliphatic carboxylic acids is 1. The van der Waals surface area contributed by atoms with E-state index in [9.17, 15) is 9.90 Å². The molecule has 0 aliphatic carbocycles. The van der Waals surface area contributed by atoms with E-state index >= 15 is 0 Å². The molecule has 0 saturated carbocycles. The molecule has 52 valence electrons. The molecule has 0 N–H and O–H groups in total. The predicted molar refractivity (Wildman–Crippen MR) is 36.5 cm³/mol. The van der Waals surface area contributed by atoms with Gasteiger partial charge < -0.3 is 9.90 Å². The van der Waals surface area contributed by atoms with Crippen molar-refractivity contribution in [2.75, 3.05) is 6.54 Å². The van der Waals surface area contributed by atoms with Gasteiger partial charge in [0.2, 0.25) is 0 Å². The Labute approximate surface area is 59.1 Å². The highest BCUT2D eigenvalue weighted by molar-refractivity contribution is 5.88. The van der Waals surface area contributed by atoms with Crippen molar-refractivity contribution >= 4 is 5.97 Å². The number of carboxylic acids is 1. The molecular formula is C7H7NO2. The van der Waals surface area contributed by atoms with Gasteiger partial charge in [-0.2, -0.15) is 0 Å². The molecule has 0 aromatic heterocycles. The Morgan fingerprint density at radius 3 is 2.80 bits per heavy atom. The third-order valence-corrected chi connectivity index (χ3v) is 0.681. The van der Waals surface area contributed by atoms with Crippen molar-refractivity contribution in [1.29, 1.82) is 0 Å². The van der Waals surface area contributed by atoms with E-state index in [2.05, 4.69) is 24.1 Å². The monoisotopic (exact) mass is 137 g/mol. The van der Waals surface area contributed by atoms with Crippen LogP contribution in [0.15, 0.2) is 24.8 Å². The van der Waals surface area contributed by atoms with E-state index < -0.39 is 5.97 Å². The molecule has 0 aromatic rings. The molecule has 0 heterocycles. The van der Waals surface area contributed by atoms with E-state index in [0.29, 0.717) is 6.54 Å². The average molecular weight is 137 g/mol. The van der Waals surface area contributed by atoms with Crippen LogP contribution >= 0.6 is 0 Å². The maximum Gasteiger partial charge on any atom is 0.312 e. The summed E-state index contributed by atoms with van der Waals surface area (Å²) in [5.74, 6) is -1.35. The lowest BCUT2D eigenvalue weighted by atomic mass is 10.3. The van der Waals surface area contributed by atoms with Gasteiger partial charge in [0.05, 0.1) is 5.97 Å². The number of rotatable bonds is 2. The minimum atomic E-state index is -1.35. The zero-order chi connectivity index (χ0) is 7.98. The minimum absolute atomic E-state index is 0.248. The summed E-state index contributed by atoms with van der Waals surface area (Å²) in [4.78, 5) is 13.5. The number of nitrogens with zero attached hydrogens (tertiary/aromatic N) is 1. The predicted octanol–water partition coefficient (Wildman–Crippen LogP) is -0.189. The Morgan fingerprint density at radius 2 is 2.40 bits per heavy atom. The second-order valence-electron chi connectivity index (χ2n) is 1.51. The Kier molecular flexibility index (Phi) is 3.66. The first-order chi connectivity index (χ1) is 4.68. The van der Waals surface area contributed by atoms with Gasteiger partial charge in [-0.1, -0.05) is 18.0 Å². The van der Waals surface area contributed by atoms with Gasteiger partial charge in [0, 0.05) is 0 Å². The number of carbonyl (C=O) groups is 1. The highest BCUT2D eigenvalue weighted by atomic mass is 16.4. The molecule has 3 heteroatoms. The van der Waals surface area contributed by atoms with E-state index in [4.69, 9.17) is 0 Å². The van der Waals surface area contributed by atoms with Gasteiger partial charge in [-0.15, -0.1) is 0 Å².